The van der Waals surface area contributed by atoms with E-state index < -0.39 is 29.7 Å². The van der Waals surface area contributed by atoms with Crippen LogP contribution in [-0.4, -0.2) is 33.3 Å². The topological polar surface area (TPSA) is 93.0 Å². The van der Waals surface area contributed by atoms with Crippen LogP contribution in [0.2, 0.25) is 0 Å². The van der Waals surface area contributed by atoms with Crippen molar-refractivity contribution in [3.63, 3.8) is 0 Å². The second-order valence-corrected chi connectivity index (χ2v) is 9.94. The molecular formula is C25H31F3N2O5. The molecule has 0 bridgehead atoms. The van der Waals surface area contributed by atoms with Crippen molar-refractivity contribution in [2.45, 2.75) is 62.6 Å². The first-order chi connectivity index (χ1) is 16.5. The van der Waals surface area contributed by atoms with Gasteiger partial charge in [0, 0.05) is 28.3 Å². The Hall–Kier alpha value is -3.24. The number of hydrogen-bond acceptors (Lipinski definition) is 5. The molecule has 1 amide bonds. The van der Waals surface area contributed by atoms with Gasteiger partial charge in [0.1, 0.15) is 5.82 Å². The van der Waals surface area contributed by atoms with Crippen LogP contribution in [-0.2, 0) is 22.2 Å². The van der Waals surface area contributed by atoms with Crippen LogP contribution in [0.25, 0.3) is 10.9 Å². The molecule has 0 atom stereocenters. The number of rotatable bonds is 6. The van der Waals surface area contributed by atoms with E-state index in [1.165, 1.54) is 24.3 Å². The molecule has 0 unspecified atom stereocenters. The van der Waals surface area contributed by atoms with Gasteiger partial charge < -0.3 is 29.6 Å². The number of hydrogen-bond donors (Lipinski definition) is 3. The van der Waals surface area contributed by atoms with E-state index in [1.54, 1.807) is 10.6 Å². The van der Waals surface area contributed by atoms with Gasteiger partial charge in [-0.3, -0.25) is 4.79 Å². The van der Waals surface area contributed by atoms with Crippen molar-refractivity contribution in [3.05, 3.63) is 53.5 Å². The van der Waals surface area contributed by atoms with Crippen LogP contribution in [0.1, 0.15) is 49.6 Å². The zero-order valence-corrected chi connectivity index (χ0v) is 18.8. The summed E-state index contributed by atoms with van der Waals surface area (Å²) in [6.07, 6.45) is -2.50. The number of carbonyl (C=O) groups excluding carboxylic acids is 1. The summed E-state index contributed by atoms with van der Waals surface area (Å²) < 4.78 is 52.5. The van der Waals surface area contributed by atoms with Gasteiger partial charge in [0.15, 0.2) is 17.8 Å². The lowest BCUT2D eigenvalue weighted by Gasteiger charge is -2.17. The summed E-state index contributed by atoms with van der Waals surface area (Å²) in [7, 11) is 0. The molecule has 3 aromatic rings. The Bertz CT molecular complexity index is 1390. The van der Waals surface area contributed by atoms with E-state index >= 15 is 4.39 Å². The molecule has 2 aliphatic carbocycles. The second-order valence-electron chi connectivity index (χ2n) is 9.94. The number of nitrogens with zero attached hydrogens (tertiary/aromatic N) is 1. The molecule has 0 spiro atoms. The van der Waals surface area contributed by atoms with E-state index in [2.05, 4.69) is 21.7 Å². The van der Waals surface area contributed by atoms with Gasteiger partial charge in [0.05, 0.1) is 23.2 Å². The molecule has 3 N–H and O–H groups in total. The highest BCUT2D eigenvalue weighted by Crippen LogP contribution is 2.53. The molecule has 6 rings (SSSR count). The lowest BCUT2D eigenvalue weighted by Crippen LogP contribution is -2.28. The minimum Gasteiger partial charge on any atom is -0.395 e. The van der Waals surface area contributed by atoms with Crippen LogP contribution in [0.5, 0.6) is 11.5 Å². The number of fused-ring (bicyclic) bond motifs is 2. The lowest BCUT2D eigenvalue weighted by molar-refractivity contribution is -0.286. The van der Waals surface area contributed by atoms with Crippen LogP contribution in [0.15, 0.2) is 36.4 Å². The van der Waals surface area contributed by atoms with Gasteiger partial charge in [-0.2, -0.15) is 0 Å². The molecule has 0 saturated heterocycles. The molecule has 192 valence electrons. The van der Waals surface area contributed by atoms with Gasteiger partial charge in [-0.15, -0.1) is 8.78 Å². The van der Waals surface area contributed by atoms with Gasteiger partial charge in [-0.25, -0.2) is 4.39 Å². The van der Waals surface area contributed by atoms with Crippen molar-refractivity contribution in [2.75, 3.05) is 5.32 Å². The zero-order chi connectivity index (χ0) is 24.8. The molecule has 10 heteroatoms. The summed E-state index contributed by atoms with van der Waals surface area (Å²) in [6, 6.07) is 8.96. The molecular weight excluding hydrogens is 465 g/mol. The maximum absolute atomic E-state index is 15.1. The molecule has 7 nitrogen and oxygen atoms in total. The number of aliphatic hydroxyl groups is 2. The molecule has 2 heterocycles. The van der Waals surface area contributed by atoms with Crippen molar-refractivity contribution in [1.82, 2.24) is 4.57 Å². The predicted molar refractivity (Wildman–Crippen MR) is 127 cm³/mol. The van der Waals surface area contributed by atoms with Crippen molar-refractivity contribution in [2.24, 2.45) is 0 Å². The largest absolute Gasteiger partial charge is 0.586 e. The standard InChI is InChI=1S/C25H23F3N2O5.4H2/c1-23(4-5-23)20-9-13-8-16(15(26)11-17(13)30(20)12-21(31)32)29-22(33)24(6-7-24)14-2-3-18-19(10-14)35-25(27,28)34-18;;;;/h2-3,8-11,21,31-32H,4-7,12H2,1H3,(H,29,33);4*1H. The van der Waals surface area contributed by atoms with Crippen molar-refractivity contribution < 1.29 is 43.4 Å². The highest BCUT2D eigenvalue weighted by molar-refractivity contribution is 6.03. The van der Waals surface area contributed by atoms with Crippen molar-refractivity contribution in [3.8, 4) is 11.5 Å². The van der Waals surface area contributed by atoms with Gasteiger partial charge in [0.2, 0.25) is 5.91 Å². The molecule has 1 aliphatic heterocycles. The minimum atomic E-state index is -3.75. The van der Waals surface area contributed by atoms with Crippen LogP contribution >= 0.6 is 0 Å². The van der Waals surface area contributed by atoms with Crippen molar-refractivity contribution in [1.29, 1.82) is 0 Å². The molecule has 2 aromatic carbocycles. The Morgan fingerprint density at radius 1 is 1.11 bits per heavy atom. The summed E-state index contributed by atoms with van der Waals surface area (Å²) in [4.78, 5) is 13.2. The maximum Gasteiger partial charge on any atom is 0.586 e. The highest BCUT2D eigenvalue weighted by Gasteiger charge is 2.53. The summed E-state index contributed by atoms with van der Waals surface area (Å²) in [5.41, 5.74) is 0.798. The van der Waals surface area contributed by atoms with Crippen LogP contribution in [0.4, 0.5) is 18.9 Å². The van der Waals surface area contributed by atoms with Gasteiger partial charge >= 0.3 is 6.29 Å². The SMILES string of the molecule is CC1(c2cc3cc(NC(=O)C4(c5ccc6c(c5)OC(F)(F)O6)CC4)c(F)cc3n2CC(O)O)CC1.[HH].[HH].[HH].[HH]. The third kappa shape index (κ3) is 3.63. The van der Waals surface area contributed by atoms with E-state index in [0.29, 0.717) is 29.3 Å². The van der Waals surface area contributed by atoms with Crippen molar-refractivity contribution >= 4 is 22.5 Å². The third-order valence-corrected chi connectivity index (χ3v) is 7.34. The van der Waals surface area contributed by atoms with Gasteiger partial charge in [-0.05, 0) is 55.5 Å². The average Bonchev–Trinajstić information content (AvgIpc) is 3.67. The highest BCUT2D eigenvalue weighted by atomic mass is 19.3. The number of ether oxygens (including phenoxy) is 2. The maximum atomic E-state index is 15.1. The van der Waals surface area contributed by atoms with E-state index in [-0.39, 0.29) is 34.9 Å². The summed E-state index contributed by atoms with van der Waals surface area (Å²) >= 11 is 0. The molecule has 2 saturated carbocycles. The Kier molecular flexibility index (Phi) is 4.54. The molecule has 0 radical (unpaired) electrons. The fourth-order valence-corrected chi connectivity index (χ4v) is 4.94. The Balaban J connectivity index is 0.00000133. The number of amides is 1. The van der Waals surface area contributed by atoms with Crippen LogP contribution in [0.3, 0.4) is 0 Å². The number of aliphatic hydroxyl groups excluding tert-OH is 1. The minimum absolute atomic E-state index is 0. The second kappa shape index (κ2) is 7.14. The quantitative estimate of drug-likeness (QED) is 0.412. The van der Waals surface area contributed by atoms with Gasteiger partial charge in [0.25, 0.3) is 0 Å². The van der Waals surface area contributed by atoms with E-state index in [1.807, 2.05) is 6.07 Å². The third-order valence-electron chi connectivity index (χ3n) is 7.34. The number of nitrogens with one attached hydrogen (secondary N) is 1. The monoisotopic (exact) mass is 496 g/mol. The summed E-state index contributed by atoms with van der Waals surface area (Å²) in [5, 5.41) is 22.4. The number of carbonyl (C=O) groups is 1. The van der Waals surface area contributed by atoms with E-state index in [4.69, 9.17) is 0 Å². The summed E-state index contributed by atoms with van der Waals surface area (Å²) in [6.45, 7) is 1.98. The average molecular weight is 497 g/mol. The molecule has 1 aromatic heterocycles. The molecule has 3 aliphatic rings. The first-order valence-electron chi connectivity index (χ1n) is 11.4. The van der Waals surface area contributed by atoms with Crippen LogP contribution in [0, 0.1) is 5.82 Å². The first-order valence-corrected chi connectivity index (χ1v) is 11.4. The van der Waals surface area contributed by atoms with Crippen LogP contribution < -0.4 is 14.8 Å². The van der Waals surface area contributed by atoms with E-state index in [0.717, 1.165) is 18.5 Å². The summed E-state index contributed by atoms with van der Waals surface area (Å²) in [5.74, 6) is -1.36. The normalized spacial score (nSPS) is 20.3. The Morgan fingerprint density at radius 2 is 1.83 bits per heavy atom. The lowest BCUT2D eigenvalue weighted by atomic mass is 9.94. The Labute approximate surface area is 204 Å². The Morgan fingerprint density at radius 3 is 2.49 bits per heavy atom. The number of benzene rings is 2. The number of alkyl halides is 2. The zero-order valence-electron chi connectivity index (χ0n) is 18.8. The number of halogens is 3. The van der Waals surface area contributed by atoms with Gasteiger partial charge in [-0.1, -0.05) is 13.0 Å². The number of aromatic nitrogens is 1. The smallest absolute Gasteiger partial charge is 0.395 e. The molecule has 35 heavy (non-hydrogen) atoms. The van der Waals surface area contributed by atoms with E-state index in [9.17, 15) is 23.8 Å². The molecule has 2 fully saturated rings. The fraction of sp³-hybridized carbons (Fsp3) is 0.400. The predicted octanol–water partition coefficient (Wildman–Crippen LogP) is 5.12. The first kappa shape index (κ1) is 22.2. The number of anilines is 1. The fourth-order valence-electron chi connectivity index (χ4n) is 4.94.